The van der Waals surface area contributed by atoms with E-state index in [9.17, 15) is 10.1 Å². The smallest absolute Gasteiger partial charge is 0.269 e. The molecule has 0 aromatic heterocycles. The quantitative estimate of drug-likeness (QED) is 0.397. The van der Waals surface area contributed by atoms with Crippen LogP contribution >= 0.6 is 11.8 Å². The number of non-ortho nitro benzene ring substituents is 1. The van der Waals surface area contributed by atoms with E-state index in [4.69, 9.17) is 5.73 Å². The summed E-state index contributed by atoms with van der Waals surface area (Å²) in [5.74, 6) is 0.578. The molecule has 0 saturated heterocycles. The van der Waals surface area contributed by atoms with Crippen molar-refractivity contribution in [3.05, 3.63) is 75.8 Å². The van der Waals surface area contributed by atoms with Gasteiger partial charge in [-0.05, 0) is 11.1 Å². The molecule has 0 heterocycles. The fourth-order valence-corrected chi connectivity index (χ4v) is 2.20. The Balaban J connectivity index is 1.86. The third-order valence-corrected chi connectivity index (χ3v) is 3.55. The molecule has 0 aliphatic carbocycles. The summed E-state index contributed by atoms with van der Waals surface area (Å²) in [4.78, 5) is 10.1. The summed E-state index contributed by atoms with van der Waals surface area (Å²) in [6.45, 7) is 0. The standard InChI is InChI=1S/C15H14N4O2S/c16-15(18-17-10-12-4-2-1-3-5-12)22-11-13-6-8-14(9-7-13)19(20)21/h1-10H,11H2,(H2,16,18)/b17-10-. The van der Waals surface area contributed by atoms with Crippen LogP contribution in [0.15, 0.2) is 64.8 Å². The zero-order chi connectivity index (χ0) is 15.8. The lowest BCUT2D eigenvalue weighted by Gasteiger charge is -2.00. The second-order valence-corrected chi connectivity index (χ2v) is 5.30. The van der Waals surface area contributed by atoms with Crippen molar-refractivity contribution in [2.45, 2.75) is 5.75 Å². The molecule has 0 saturated carbocycles. The number of amidine groups is 1. The van der Waals surface area contributed by atoms with E-state index in [-0.39, 0.29) is 5.69 Å². The minimum Gasteiger partial charge on any atom is -0.377 e. The Morgan fingerprint density at radius 3 is 2.50 bits per heavy atom. The Hall–Kier alpha value is -2.67. The number of nitro benzene ring substituents is 1. The Kier molecular flexibility index (Phi) is 5.67. The van der Waals surface area contributed by atoms with Crippen LogP contribution in [0.4, 0.5) is 5.69 Å². The predicted molar refractivity (Wildman–Crippen MR) is 90.0 cm³/mol. The van der Waals surface area contributed by atoms with Gasteiger partial charge in [0.1, 0.15) is 0 Å². The van der Waals surface area contributed by atoms with Gasteiger partial charge in [-0.1, -0.05) is 54.2 Å². The largest absolute Gasteiger partial charge is 0.377 e. The van der Waals surface area contributed by atoms with Crippen molar-refractivity contribution < 1.29 is 4.92 Å². The van der Waals surface area contributed by atoms with Crippen molar-refractivity contribution >= 4 is 28.8 Å². The number of hydrogen-bond acceptors (Lipinski definition) is 5. The first-order valence-electron chi connectivity index (χ1n) is 6.43. The van der Waals surface area contributed by atoms with Crippen molar-refractivity contribution in [3.8, 4) is 0 Å². The lowest BCUT2D eigenvalue weighted by atomic mass is 10.2. The first-order valence-corrected chi connectivity index (χ1v) is 7.41. The van der Waals surface area contributed by atoms with Gasteiger partial charge in [0, 0.05) is 17.9 Å². The van der Waals surface area contributed by atoms with E-state index in [2.05, 4.69) is 10.2 Å². The number of rotatable bonds is 5. The molecule has 0 aliphatic heterocycles. The second kappa shape index (κ2) is 7.94. The van der Waals surface area contributed by atoms with Crippen LogP contribution in [0.2, 0.25) is 0 Å². The summed E-state index contributed by atoms with van der Waals surface area (Å²) < 4.78 is 0. The molecule has 0 amide bonds. The molecule has 22 heavy (non-hydrogen) atoms. The molecule has 0 aliphatic rings. The van der Waals surface area contributed by atoms with Gasteiger partial charge in [-0.2, -0.15) is 5.10 Å². The molecule has 0 spiro atoms. The average molecular weight is 314 g/mol. The highest BCUT2D eigenvalue weighted by Gasteiger charge is 2.04. The predicted octanol–water partition coefficient (Wildman–Crippen LogP) is 3.18. The van der Waals surface area contributed by atoms with E-state index in [1.807, 2.05) is 30.3 Å². The summed E-state index contributed by atoms with van der Waals surface area (Å²) in [5, 5.41) is 18.7. The summed E-state index contributed by atoms with van der Waals surface area (Å²) in [6, 6.07) is 15.9. The Bertz CT molecular complexity index is 684. The van der Waals surface area contributed by atoms with Crippen LogP contribution in [0.25, 0.3) is 0 Å². The molecule has 2 N–H and O–H groups in total. The molecular weight excluding hydrogens is 300 g/mol. The van der Waals surface area contributed by atoms with Gasteiger partial charge in [0.05, 0.1) is 11.1 Å². The van der Waals surface area contributed by atoms with Gasteiger partial charge in [-0.3, -0.25) is 10.1 Å². The van der Waals surface area contributed by atoms with Gasteiger partial charge in [-0.25, -0.2) is 0 Å². The van der Waals surface area contributed by atoms with Crippen LogP contribution in [-0.2, 0) is 5.75 Å². The van der Waals surface area contributed by atoms with Gasteiger partial charge in [0.15, 0.2) is 5.17 Å². The number of thioether (sulfide) groups is 1. The Morgan fingerprint density at radius 1 is 1.18 bits per heavy atom. The van der Waals surface area contributed by atoms with E-state index in [0.29, 0.717) is 10.9 Å². The average Bonchev–Trinajstić information content (AvgIpc) is 2.54. The zero-order valence-corrected chi connectivity index (χ0v) is 12.4. The van der Waals surface area contributed by atoms with E-state index < -0.39 is 4.92 Å². The van der Waals surface area contributed by atoms with Crippen molar-refractivity contribution in [2.75, 3.05) is 0 Å². The highest BCUT2D eigenvalue weighted by atomic mass is 32.2. The van der Waals surface area contributed by atoms with Gasteiger partial charge in [0.25, 0.3) is 5.69 Å². The molecule has 0 fully saturated rings. The van der Waals surface area contributed by atoms with Gasteiger partial charge >= 0.3 is 0 Å². The molecule has 2 aromatic rings. The zero-order valence-electron chi connectivity index (χ0n) is 11.6. The van der Waals surface area contributed by atoms with Crippen molar-refractivity contribution in [2.24, 2.45) is 15.9 Å². The maximum Gasteiger partial charge on any atom is 0.269 e. The van der Waals surface area contributed by atoms with Crippen molar-refractivity contribution in [1.82, 2.24) is 0 Å². The van der Waals surface area contributed by atoms with Crippen molar-refractivity contribution in [3.63, 3.8) is 0 Å². The number of nitrogens with zero attached hydrogens (tertiary/aromatic N) is 3. The van der Waals surface area contributed by atoms with Crippen LogP contribution < -0.4 is 5.73 Å². The van der Waals surface area contributed by atoms with Gasteiger partial charge in [-0.15, -0.1) is 5.10 Å². The Morgan fingerprint density at radius 2 is 1.86 bits per heavy atom. The topological polar surface area (TPSA) is 93.9 Å². The molecular formula is C15H14N4O2S. The molecule has 0 radical (unpaired) electrons. The number of nitro groups is 1. The number of nitrogens with two attached hydrogens (primary N) is 1. The maximum absolute atomic E-state index is 10.6. The van der Waals surface area contributed by atoms with Crippen LogP contribution in [0.5, 0.6) is 0 Å². The highest BCUT2D eigenvalue weighted by Crippen LogP contribution is 2.16. The maximum atomic E-state index is 10.6. The molecule has 0 bridgehead atoms. The molecule has 0 unspecified atom stereocenters. The summed E-state index contributed by atoms with van der Waals surface area (Å²) in [6.07, 6.45) is 1.62. The third kappa shape index (κ3) is 5.02. The first-order chi connectivity index (χ1) is 10.6. The molecule has 6 nitrogen and oxygen atoms in total. The molecule has 7 heteroatoms. The van der Waals surface area contributed by atoms with Crippen LogP contribution in [0.3, 0.4) is 0 Å². The summed E-state index contributed by atoms with van der Waals surface area (Å²) >= 11 is 1.32. The molecule has 2 aromatic carbocycles. The highest BCUT2D eigenvalue weighted by molar-refractivity contribution is 8.13. The molecule has 2 rings (SSSR count). The third-order valence-electron chi connectivity index (χ3n) is 2.70. The summed E-state index contributed by atoms with van der Waals surface area (Å²) in [7, 11) is 0. The number of hydrogen-bond donors (Lipinski definition) is 1. The first kappa shape index (κ1) is 15.7. The van der Waals surface area contributed by atoms with Crippen molar-refractivity contribution in [1.29, 1.82) is 0 Å². The SMILES string of the molecule is N/C(=N/N=C\c1ccccc1)SCc1ccc([N+](=O)[O-])cc1. The molecule has 0 atom stereocenters. The minimum absolute atomic E-state index is 0.0721. The van der Waals surface area contributed by atoms with Crippen LogP contribution in [0, 0.1) is 10.1 Å². The van der Waals surface area contributed by atoms with E-state index in [1.54, 1.807) is 18.3 Å². The van der Waals surface area contributed by atoms with E-state index in [0.717, 1.165) is 11.1 Å². The fourth-order valence-electron chi connectivity index (χ4n) is 1.59. The van der Waals surface area contributed by atoms with Gasteiger partial charge in [0.2, 0.25) is 0 Å². The van der Waals surface area contributed by atoms with E-state index >= 15 is 0 Å². The monoisotopic (exact) mass is 314 g/mol. The normalized spacial score (nSPS) is 11.7. The van der Waals surface area contributed by atoms with Crippen LogP contribution in [0.1, 0.15) is 11.1 Å². The van der Waals surface area contributed by atoms with E-state index in [1.165, 1.54) is 23.9 Å². The lowest BCUT2D eigenvalue weighted by Crippen LogP contribution is -2.06. The second-order valence-electron chi connectivity index (χ2n) is 4.31. The molecule has 112 valence electrons. The van der Waals surface area contributed by atoms with Crippen LogP contribution in [-0.4, -0.2) is 16.3 Å². The number of benzene rings is 2. The minimum atomic E-state index is -0.426. The fraction of sp³-hybridized carbons (Fsp3) is 0.0667. The van der Waals surface area contributed by atoms with Gasteiger partial charge < -0.3 is 5.73 Å². The Labute approximate surface area is 131 Å². The lowest BCUT2D eigenvalue weighted by molar-refractivity contribution is -0.384. The summed E-state index contributed by atoms with van der Waals surface area (Å²) in [5.41, 5.74) is 7.70.